The molecular weight excluding hydrogens is 282 g/mol. The molecule has 0 unspecified atom stereocenters. The average Bonchev–Trinajstić information content (AvgIpc) is 2.36. The number of carbonyl (C=O) groups is 1. The number of nitrogens with one attached hydrogen (secondary N) is 2. The van der Waals surface area contributed by atoms with Gasteiger partial charge in [-0.15, -0.1) is 0 Å². The summed E-state index contributed by atoms with van der Waals surface area (Å²) in [5, 5.41) is 19.7. The lowest BCUT2D eigenvalue weighted by atomic mass is 9.77. The van der Waals surface area contributed by atoms with Crippen LogP contribution in [-0.2, 0) is 9.53 Å². The zero-order valence-corrected chi connectivity index (χ0v) is 11.5. The van der Waals surface area contributed by atoms with Crippen molar-refractivity contribution >= 4 is 12.0 Å². The Kier molecular flexibility index (Phi) is 3.95. The number of carbonyl (C=O) groups excluding carboxylic acids is 1. The second-order valence-electron chi connectivity index (χ2n) is 5.27. The van der Waals surface area contributed by atoms with Crippen molar-refractivity contribution in [1.82, 2.24) is 5.32 Å². The zero-order chi connectivity index (χ0) is 15.7. The maximum Gasteiger partial charge on any atom is 0.253 e. The SMILES string of the molecule is CC(=O)/C(C=N)=C1\C=CC(OCC2(O)CC(F)(F)C2)=CN1. The Balaban J connectivity index is 1.92. The maximum atomic E-state index is 12.7. The first-order valence-corrected chi connectivity index (χ1v) is 6.38. The number of halogens is 2. The van der Waals surface area contributed by atoms with E-state index >= 15 is 0 Å². The first-order valence-electron chi connectivity index (χ1n) is 6.38. The van der Waals surface area contributed by atoms with Crippen LogP contribution in [0.3, 0.4) is 0 Å². The molecule has 1 fully saturated rings. The minimum atomic E-state index is -2.82. The lowest BCUT2D eigenvalue weighted by Gasteiger charge is -2.42. The molecule has 0 atom stereocenters. The number of aliphatic hydroxyl groups is 1. The summed E-state index contributed by atoms with van der Waals surface area (Å²) in [6, 6.07) is 0. The fourth-order valence-corrected chi connectivity index (χ4v) is 2.27. The van der Waals surface area contributed by atoms with Crippen LogP contribution in [0.2, 0.25) is 0 Å². The van der Waals surface area contributed by atoms with Crippen LogP contribution >= 0.6 is 0 Å². The molecule has 2 rings (SSSR count). The van der Waals surface area contributed by atoms with Crippen LogP contribution in [0.4, 0.5) is 8.78 Å². The largest absolute Gasteiger partial charge is 0.489 e. The molecular formula is C14H16F2N2O3. The molecule has 0 spiro atoms. The molecule has 7 heteroatoms. The van der Waals surface area contributed by atoms with Gasteiger partial charge in [0.1, 0.15) is 18.0 Å². The number of allylic oxidation sites excluding steroid dienone is 3. The molecule has 3 N–H and O–H groups in total. The molecule has 0 saturated heterocycles. The maximum absolute atomic E-state index is 12.7. The van der Waals surface area contributed by atoms with Gasteiger partial charge in [-0.3, -0.25) is 4.79 Å². The van der Waals surface area contributed by atoms with E-state index in [-0.39, 0.29) is 18.0 Å². The summed E-state index contributed by atoms with van der Waals surface area (Å²) in [6.45, 7) is 1.13. The van der Waals surface area contributed by atoms with Crippen LogP contribution in [-0.4, -0.2) is 35.2 Å². The van der Waals surface area contributed by atoms with Gasteiger partial charge in [0.05, 0.1) is 11.3 Å². The summed E-state index contributed by atoms with van der Waals surface area (Å²) in [7, 11) is 0. The summed E-state index contributed by atoms with van der Waals surface area (Å²) in [5.74, 6) is -2.71. The van der Waals surface area contributed by atoms with E-state index in [1.165, 1.54) is 13.1 Å². The van der Waals surface area contributed by atoms with E-state index < -0.39 is 24.4 Å². The van der Waals surface area contributed by atoms with Gasteiger partial charge < -0.3 is 20.6 Å². The molecule has 0 aromatic carbocycles. The molecule has 0 bridgehead atoms. The number of Topliss-reactive ketones (excluding diaryl/α,β-unsaturated/α-hetero) is 1. The van der Waals surface area contributed by atoms with Crippen LogP contribution in [0, 0.1) is 5.41 Å². The van der Waals surface area contributed by atoms with Crippen molar-refractivity contribution in [2.75, 3.05) is 6.61 Å². The van der Waals surface area contributed by atoms with Crippen LogP contribution in [0.15, 0.2) is 35.4 Å². The molecule has 21 heavy (non-hydrogen) atoms. The molecule has 1 aliphatic heterocycles. The fraction of sp³-hybridized carbons (Fsp3) is 0.429. The highest BCUT2D eigenvalue weighted by Crippen LogP contribution is 2.45. The Morgan fingerprint density at radius 2 is 2.19 bits per heavy atom. The van der Waals surface area contributed by atoms with E-state index in [9.17, 15) is 18.7 Å². The monoisotopic (exact) mass is 298 g/mol. The number of rotatable bonds is 5. The normalized spacial score (nSPS) is 24.3. The minimum Gasteiger partial charge on any atom is -0.489 e. The third-order valence-electron chi connectivity index (χ3n) is 3.28. The van der Waals surface area contributed by atoms with E-state index in [0.29, 0.717) is 11.5 Å². The van der Waals surface area contributed by atoms with Crippen molar-refractivity contribution in [1.29, 1.82) is 5.41 Å². The van der Waals surface area contributed by atoms with E-state index in [1.807, 2.05) is 0 Å². The molecule has 114 valence electrons. The van der Waals surface area contributed by atoms with Crippen LogP contribution in [0.1, 0.15) is 19.8 Å². The van der Waals surface area contributed by atoms with Gasteiger partial charge in [-0.2, -0.15) is 0 Å². The molecule has 0 aromatic rings. The van der Waals surface area contributed by atoms with Crippen molar-refractivity contribution in [3.63, 3.8) is 0 Å². The first kappa shape index (κ1) is 15.4. The van der Waals surface area contributed by atoms with Crippen LogP contribution < -0.4 is 5.32 Å². The number of hydrogen-bond acceptors (Lipinski definition) is 5. The summed E-state index contributed by atoms with van der Waals surface area (Å²) < 4.78 is 30.7. The van der Waals surface area contributed by atoms with Crippen molar-refractivity contribution in [3.8, 4) is 0 Å². The average molecular weight is 298 g/mol. The summed E-state index contributed by atoms with van der Waals surface area (Å²) in [6.07, 6.45) is 4.29. The number of ether oxygens (including phenoxy) is 1. The molecule has 1 aliphatic carbocycles. The van der Waals surface area contributed by atoms with Gasteiger partial charge >= 0.3 is 0 Å². The molecule has 0 amide bonds. The lowest BCUT2D eigenvalue weighted by molar-refractivity contribution is -0.219. The van der Waals surface area contributed by atoms with Crippen molar-refractivity contribution < 1.29 is 23.4 Å². The Morgan fingerprint density at radius 1 is 1.52 bits per heavy atom. The first-order chi connectivity index (χ1) is 9.75. The number of hydrogen-bond donors (Lipinski definition) is 3. The predicted molar refractivity (Wildman–Crippen MR) is 71.9 cm³/mol. The molecule has 2 aliphatic rings. The fourth-order valence-electron chi connectivity index (χ4n) is 2.27. The summed E-state index contributed by atoms with van der Waals surface area (Å²) in [5.41, 5.74) is -0.814. The van der Waals surface area contributed by atoms with Crippen molar-refractivity contribution in [2.24, 2.45) is 0 Å². The molecule has 0 aromatic heterocycles. The molecule has 0 radical (unpaired) electrons. The quantitative estimate of drug-likeness (QED) is 0.532. The second-order valence-corrected chi connectivity index (χ2v) is 5.27. The van der Waals surface area contributed by atoms with Gasteiger partial charge in [0.25, 0.3) is 5.92 Å². The lowest BCUT2D eigenvalue weighted by Crippen LogP contribution is -2.54. The number of alkyl halides is 2. The third kappa shape index (κ3) is 3.55. The van der Waals surface area contributed by atoms with E-state index in [0.717, 1.165) is 6.21 Å². The van der Waals surface area contributed by atoms with E-state index in [2.05, 4.69) is 5.32 Å². The van der Waals surface area contributed by atoms with Crippen molar-refractivity contribution in [3.05, 3.63) is 35.4 Å². The topological polar surface area (TPSA) is 82.4 Å². The van der Waals surface area contributed by atoms with Gasteiger partial charge in [0.2, 0.25) is 0 Å². The molecule has 1 saturated carbocycles. The van der Waals surface area contributed by atoms with Gasteiger partial charge in [-0.25, -0.2) is 8.78 Å². The highest BCUT2D eigenvalue weighted by atomic mass is 19.3. The van der Waals surface area contributed by atoms with E-state index in [4.69, 9.17) is 10.1 Å². The van der Waals surface area contributed by atoms with E-state index in [1.54, 1.807) is 12.2 Å². The standard InChI is InChI=1S/C14H16F2N2O3/c1-9(19)11(4-17)12-3-2-10(5-18-12)21-8-13(20)6-14(15,16)7-13/h2-5,17-18,20H,6-8H2,1H3/b12-11+,17-4?. The Hall–Kier alpha value is -2.02. The molecule has 5 nitrogen and oxygen atoms in total. The Morgan fingerprint density at radius 3 is 2.62 bits per heavy atom. The second kappa shape index (κ2) is 5.40. The number of ketones is 1. The smallest absolute Gasteiger partial charge is 0.253 e. The number of dihydropyridines is 1. The van der Waals surface area contributed by atoms with Crippen LogP contribution in [0.5, 0.6) is 0 Å². The minimum absolute atomic E-state index is 0.219. The van der Waals surface area contributed by atoms with Crippen LogP contribution in [0.25, 0.3) is 0 Å². The van der Waals surface area contributed by atoms with Crippen molar-refractivity contribution in [2.45, 2.75) is 31.3 Å². The highest BCUT2D eigenvalue weighted by molar-refractivity contribution is 6.12. The highest BCUT2D eigenvalue weighted by Gasteiger charge is 2.56. The molecule has 1 heterocycles. The third-order valence-corrected chi connectivity index (χ3v) is 3.28. The summed E-state index contributed by atoms with van der Waals surface area (Å²) in [4.78, 5) is 11.3. The van der Waals surface area contributed by atoms with Gasteiger partial charge in [0, 0.05) is 25.3 Å². The zero-order valence-electron chi connectivity index (χ0n) is 11.5. The van der Waals surface area contributed by atoms with Gasteiger partial charge in [-0.1, -0.05) is 0 Å². The Labute approximate surface area is 120 Å². The Bertz CT molecular complexity index is 557. The van der Waals surface area contributed by atoms with Gasteiger partial charge in [-0.05, 0) is 19.1 Å². The summed E-state index contributed by atoms with van der Waals surface area (Å²) >= 11 is 0. The van der Waals surface area contributed by atoms with Gasteiger partial charge in [0.15, 0.2) is 5.78 Å². The predicted octanol–water partition coefficient (Wildman–Crippen LogP) is 1.66.